The van der Waals surface area contributed by atoms with Crippen molar-refractivity contribution in [3.8, 4) is 11.5 Å². The Hall–Kier alpha value is -2.45. The molecule has 0 saturated heterocycles. The van der Waals surface area contributed by atoms with Crippen molar-refractivity contribution < 1.29 is 22.7 Å². The van der Waals surface area contributed by atoms with Crippen LogP contribution in [0.25, 0.3) is 0 Å². The molecule has 0 radical (unpaired) electrons. The number of hydrogen-bond acceptors (Lipinski definition) is 5. The number of methoxy groups -OCH3 is 1. The average molecular weight is 399 g/mol. The molecule has 0 saturated carbocycles. The molecule has 0 heterocycles. The fourth-order valence-corrected chi connectivity index (χ4v) is 2.73. The van der Waals surface area contributed by atoms with E-state index in [0.717, 1.165) is 10.6 Å². The van der Waals surface area contributed by atoms with Gasteiger partial charge in [-0.25, -0.2) is 8.42 Å². The Labute approximate surface area is 157 Å². The molecule has 0 fully saturated rings. The van der Waals surface area contributed by atoms with E-state index < -0.39 is 10.0 Å². The maximum atomic E-state index is 12.0. The minimum absolute atomic E-state index is 0.225. The lowest BCUT2D eigenvalue weighted by molar-refractivity contribution is -0.118. The molecular formula is C17H19ClN2O5S. The number of hydrogen-bond donors (Lipinski definition) is 1. The first-order valence-corrected chi connectivity index (χ1v) is 9.73. The molecule has 9 heteroatoms. The van der Waals surface area contributed by atoms with E-state index in [0.29, 0.717) is 27.9 Å². The maximum Gasteiger partial charge on any atom is 0.262 e. The van der Waals surface area contributed by atoms with Gasteiger partial charge < -0.3 is 14.8 Å². The Bertz CT molecular complexity index is 885. The molecule has 2 aromatic rings. The van der Waals surface area contributed by atoms with Gasteiger partial charge in [0.2, 0.25) is 10.0 Å². The number of amides is 1. The highest BCUT2D eigenvalue weighted by Crippen LogP contribution is 2.27. The highest BCUT2D eigenvalue weighted by Gasteiger charge is 2.12. The van der Waals surface area contributed by atoms with E-state index in [1.807, 2.05) is 0 Å². The summed E-state index contributed by atoms with van der Waals surface area (Å²) in [6.45, 7) is -0.225. The van der Waals surface area contributed by atoms with E-state index in [9.17, 15) is 13.2 Å². The van der Waals surface area contributed by atoms with Crippen LogP contribution >= 0.6 is 11.6 Å². The summed E-state index contributed by atoms with van der Waals surface area (Å²) in [5.41, 5.74) is 0.937. The zero-order chi connectivity index (χ0) is 19.3. The lowest BCUT2D eigenvalue weighted by Gasteiger charge is -2.17. The van der Waals surface area contributed by atoms with Crippen LogP contribution in [0.2, 0.25) is 5.02 Å². The Balaban J connectivity index is 1.97. The fourth-order valence-electron chi connectivity index (χ4n) is 2.06. The number of ether oxygens (including phenoxy) is 2. The zero-order valence-electron chi connectivity index (χ0n) is 14.5. The molecule has 2 rings (SSSR count). The van der Waals surface area contributed by atoms with Gasteiger partial charge in [-0.2, -0.15) is 0 Å². The standard InChI is InChI=1S/C17H19ClN2O5S/c1-20(26(3,22)23)13-5-7-14(8-6-13)25-11-17(21)19-15-10-12(18)4-9-16(15)24-2/h4-10H,11H2,1-3H3,(H,19,21). The van der Waals surface area contributed by atoms with Crippen LogP contribution in [0.4, 0.5) is 11.4 Å². The first-order chi connectivity index (χ1) is 12.2. The lowest BCUT2D eigenvalue weighted by Crippen LogP contribution is -2.24. The Morgan fingerprint density at radius 1 is 1.19 bits per heavy atom. The molecule has 26 heavy (non-hydrogen) atoms. The van der Waals surface area contributed by atoms with E-state index in [4.69, 9.17) is 21.1 Å². The predicted molar refractivity (Wildman–Crippen MR) is 102 cm³/mol. The Morgan fingerprint density at radius 3 is 2.42 bits per heavy atom. The van der Waals surface area contributed by atoms with Gasteiger partial charge in [-0.1, -0.05) is 11.6 Å². The minimum atomic E-state index is -3.33. The number of nitrogens with one attached hydrogen (secondary N) is 1. The van der Waals surface area contributed by atoms with Crippen LogP contribution in [0, 0.1) is 0 Å². The summed E-state index contributed by atoms with van der Waals surface area (Å²) in [5.74, 6) is 0.530. The topological polar surface area (TPSA) is 84.9 Å². The van der Waals surface area contributed by atoms with E-state index >= 15 is 0 Å². The maximum absolute atomic E-state index is 12.0. The molecule has 2 aromatic carbocycles. The molecule has 140 valence electrons. The number of nitrogens with zero attached hydrogens (tertiary/aromatic N) is 1. The number of carbonyl (C=O) groups excluding carboxylic acids is 1. The van der Waals surface area contributed by atoms with Gasteiger partial charge in [0.05, 0.1) is 24.7 Å². The summed E-state index contributed by atoms with van der Waals surface area (Å²) in [4.78, 5) is 12.0. The van der Waals surface area contributed by atoms with Crippen LogP contribution in [-0.4, -0.2) is 41.3 Å². The Kier molecular flexibility index (Phi) is 6.33. The molecule has 7 nitrogen and oxygen atoms in total. The van der Waals surface area contributed by atoms with Crippen molar-refractivity contribution in [2.45, 2.75) is 0 Å². The third-order valence-corrected chi connectivity index (χ3v) is 4.94. The van der Waals surface area contributed by atoms with Gasteiger partial charge in [0.25, 0.3) is 5.91 Å². The summed E-state index contributed by atoms with van der Waals surface area (Å²) in [5, 5.41) is 3.13. The molecule has 0 bridgehead atoms. The van der Waals surface area contributed by atoms with Crippen LogP contribution < -0.4 is 19.1 Å². The molecule has 0 aliphatic carbocycles. The number of rotatable bonds is 7. The van der Waals surface area contributed by atoms with Crippen molar-refractivity contribution in [3.05, 3.63) is 47.5 Å². The predicted octanol–water partition coefficient (Wildman–Crippen LogP) is 2.76. The summed E-state index contributed by atoms with van der Waals surface area (Å²) in [7, 11) is -0.388. The zero-order valence-corrected chi connectivity index (χ0v) is 16.1. The van der Waals surface area contributed by atoms with Crippen molar-refractivity contribution in [1.82, 2.24) is 0 Å². The van der Waals surface area contributed by atoms with Gasteiger partial charge in [0.1, 0.15) is 11.5 Å². The van der Waals surface area contributed by atoms with Crippen molar-refractivity contribution in [2.75, 3.05) is 36.6 Å². The van der Waals surface area contributed by atoms with Crippen LogP contribution in [0.5, 0.6) is 11.5 Å². The molecular weight excluding hydrogens is 380 g/mol. The van der Waals surface area contributed by atoms with E-state index in [-0.39, 0.29) is 12.5 Å². The minimum Gasteiger partial charge on any atom is -0.495 e. The Morgan fingerprint density at radius 2 is 1.85 bits per heavy atom. The average Bonchev–Trinajstić information content (AvgIpc) is 2.59. The van der Waals surface area contributed by atoms with Crippen molar-refractivity contribution >= 4 is 38.9 Å². The molecule has 1 amide bonds. The van der Waals surface area contributed by atoms with E-state index in [1.54, 1.807) is 42.5 Å². The van der Waals surface area contributed by atoms with Crippen molar-refractivity contribution in [2.24, 2.45) is 0 Å². The SMILES string of the molecule is COc1ccc(Cl)cc1NC(=O)COc1ccc(N(C)S(C)(=O)=O)cc1. The van der Waals surface area contributed by atoms with Gasteiger partial charge in [-0.05, 0) is 42.5 Å². The largest absolute Gasteiger partial charge is 0.495 e. The second-order valence-electron chi connectivity index (χ2n) is 5.41. The van der Waals surface area contributed by atoms with Gasteiger partial charge in [-0.3, -0.25) is 9.10 Å². The van der Waals surface area contributed by atoms with E-state index in [2.05, 4.69) is 5.32 Å². The van der Waals surface area contributed by atoms with Gasteiger partial charge in [-0.15, -0.1) is 0 Å². The second-order valence-corrected chi connectivity index (χ2v) is 7.86. The molecule has 0 aliphatic heterocycles. The number of sulfonamides is 1. The first kappa shape index (κ1) is 19.9. The quantitative estimate of drug-likeness (QED) is 0.775. The molecule has 0 unspecified atom stereocenters. The first-order valence-electron chi connectivity index (χ1n) is 7.51. The van der Waals surface area contributed by atoms with Gasteiger partial charge >= 0.3 is 0 Å². The number of benzene rings is 2. The molecule has 0 atom stereocenters. The summed E-state index contributed by atoms with van der Waals surface area (Å²) in [6, 6.07) is 11.2. The summed E-state index contributed by atoms with van der Waals surface area (Å²) >= 11 is 5.92. The van der Waals surface area contributed by atoms with Crippen LogP contribution in [0.1, 0.15) is 0 Å². The molecule has 0 aliphatic rings. The van der Waals surface area contributed by atoms with Crippen LogP contribution in [-0.2, 0) is 14.8 Å². The van der Waals surface area contributed by atoms with E-state index in [1.165, 1.54) is 14.2 Å². The highest BCUT2D eigenvalue weighted by molar-refractivity contribution is 7.92. The molecule has 0 aromatic heterocycles. The normalized spacial score (nSPS) is 10.9. The number of halogens is 1. The van der Waals surface area contributed by atoms with Crippen molar-refractivity contribution in [3.63, 3.8) is 0 Å². The third-order valence-electron chi connectivity index (χ3n) is 3.50. The second kappa shape index (κ2) is 8.29. The third kappa shape index (κ3) is 5.27. The number of carbonyl (C=O) groups is 1. The molecule has 0 spiro atoms. The lowest BCUT2D eigenvalue weighted by atomic mass is 10.3. The van der Waals surface area contributed by atoms with Gasteiger partial charge in [0, 0.05) is 12.1 Å². The number of anilines is 2. The summed E-state index contributed by atoms with van der Waals surface area (Å²) < 4.78 is 34.7. The van der Waals surface area contributed by atoms with Crippen LogP contribution in [0.15, 0.2) is 42.5 Å². The monoisotopic (exact) mass is 398 g/mol. The van der Waals surface area contributed by atoms with Crippen molar-refractivity contribution in [1.29, 1.82) is 0 Å². The fraction of sp³-hybridized carbons (Fsp3) is 0.235. The smallest absolute Gasteiger partial charge is 0.262 e. The van der Waals surface area contributed by atoms with Gasteiger partial charge in [0.15, 0.2) is 6.61 Å². The van der Waals surface area contributed by atoms with Crippen LogP contribution in [0.3, 0.4) is 0 Å². The highest BCUT2D eigenvalue weighted by atomic mass is 35.5. The molecule has 1 N–H and O–H groups in total. The summed E-state index contributed by atoms with van der Waals surface area (Å²) in [6.07, 6.45) is 1.12.